The third-order valence-electron chi connectivity index (χ3n) is 2.06. The van der Waals surface area contributed by atoms with Crippen LogP contribution < -0.4 is 4.74 Å². The molecule has 0 aliphatic rings. The summed E-state index contributed by atoms with van der Waals surface area (Å²) in [6, 6.07) is 5.16. The molecule has 0 bridgehead atoms. The van der Waals surface area contributed by atoms with Crippen LogP contribution >= 0.6 is 11.6 Å². The molecule has 1 aromatic carbocycles. The van der Waals surface area contributed by atoms with Gasteiger partial charge in [0.15, 0.2) is 0 Å². The Kier molecular flexibility index (Phi) is 3.01. The van der Waals surface area contributed by atoms with Crippen molar-refractivity contribution in [2.24, 2.45) is 0 Å². The second kappa shape index (κ2) is 4.45. The van der Waals surface area contributed by atoms with E-state index in [1.165, 1.54) is 6.33 Å². The number of rotatable bonds is 2. The summed E-state index contributed by atoms with van der Waals surface area (Å²) in [5, 5.41) is 0.562. The van der Waals surface area contributed by atoms with Crippen LogP contribution in [0.25, 0.3) is 0 Å². The topological polar surface area (TPSA) is 35.0 Å². The lowest BCUT2D eigenvalue weighted by Gasteiger charge is -2.08. The van der Waals surface area contributed by atoms with Crippen LogP contribution in [0, 0.1) is 12.7 Å². The van der Waals surface area contributed by atoms with Gasteiger partial charge in [-0.3, -0.25) is 0 Å². The number of aromatic nitrogens is 2. The van der Waals surface area contributed by atoms with Gasteiger partial charge in [0.05, 0.1) is 6.20 Å². The molecule has 0 radical (unpaired) electrons. The summed E-state index contributed by atoms with van der Waals surface area (Å²) in [4.78, 5) is 7.23. The fourth-order valence-electron chi connectivity index (χ4n) is 1.18. The average molecular weight is 239 g/mol. The van der Waals surface area contributed by atoms with E-state index in [1.807, 2.05) is 0 Å². The Hall–Kier alpha value is -1.68. The molecule has 2 aromatic rings. The number of nitrogens with zero attached hydrogens (tertiary/aromatic N) is 2. The van der Waals surface area contributed by atoms with Crippen molar-refractivity contribution < 1.29 is 9.13 Å². The molecule has 0 N–H and O–H groups in total. The first-order valence-electron chi connectivity index (χ1n) is 4.57. The van der Waals surface area contributed by atoms with Gasteiger partial charge in [-0.1, -0.05) is 17.7 Å². The molecule has 0 aliphatic carbocycles. The average Bonchev–Trinajstić information content (AvgIpc) is 2.28. The Morgan fingerprint density at radius 2 is 2.19 bits per heavy atom. The highest BCUT2D eigenvalue weighted by Crippen LogP contribution is 2.29. The lowest BCUT2D eigenvalue weighted by molar-refractivity contribution is 0.417. The number of hydrogen-bond acceptors (Lipinski definition) is 3. The van der Waals surface area contributed by atoms with Crippen molar-refractivity contribution in [2.45, 2.75) is 6.92 Å². The molecule has 0 unspecified atom stereocenters. The van der Waals surface area contributed by atoms with Gasteiger partial charge in [-0.25, -0.2) is 4.98 Å². The Morgan fingerprint density at radius 3 is 2.94 bits per heavy atom. The molecule has 0 amide bonds. The lowest BCUT2D eigenvalue weighted by Crippen LogP contribution is -1.94. The van der Waals surface area contributed by atoms with E-state index >= 15 is 0 Å². The quantitative estimate of drug-likeness (QED) is 0.805. The Balaban J connectivity index is 2.35. The number of hydrogen-bond donors (Lipinski definition) is 0. The SMILES string of the molecule is Cc1c(Cl)cccc1Oc1ncncc1F. The van der Waals surface area contributed by atoms with Crippen molar-refractivity contribution in [1.29, 1.82) is 0 Å². The number of benzene rings is 1. The fraction of sp³-hybridized carbons (Fsp3) is 0.0909. The summed E-state index contributed by atoms with van der Waals surface area (Å²) in [5.74, 6) is -0.243. The van der Waals surface area contributed by atoms with Crippen molar-refractivity contribution in [3.63, 3.8) is 0 Å². The van der Waals surface area contributed by atoms with Crippen molar-refractivity contribution >= 4 is 11.6 Å². The highest BCUT2D eigenvalue weighted by atomic mass is 35.5. The zero-order chi connectivity index (χ0) is 11.5. The second-order valence-corrected chi connectivity index (χ2v) is 3.55. The molecule has 0 fully saturated rings. The van der Waals surface area contributed by atoms with E-state index in [9.17, 15) is 4.39 Å². The van der Waals surface area contributed by atoms with Crippen LogP contribution in [-0.4, -0.2) is 9.97 Å². The van der Waals surface area contributed by atoms with E-state index in [0.29, 0.717) is 10.8 Å². The summed E-state index contributed by atoms with van der Waals surface area (Å²) in [6.45, 7) is 1.79. The molecule has 2 rings (SSSR count). The van der Waals surface area contributed by atoms with Crippen LogP contribution in [0.5, 0.6) is 11.6 Å². The molecule has 0 saturated heterocycles. The predicted octanol–water partition coefficient (Wildman–Crippen LogP) is 3.37. The molecule has 5 heteroatoms. The van der Waals surface area contributed by atoms with Crippen molar-refractivity contribution in [1.82, 2.24) is 9.97 Å². The second-order valence-electron chi connectivity index (χ2n) is 3.14. The Labute approximate surface area is 96.9 Å². The van der Waals surface area contributed by atoms with Gasteiger partial charge in [-0.2, -0.15) is 9.37 Å². The highest BCUT2D eigenvalue weighted by Gasteiger charge is 2.09. The molecule has 16 heavy (non-hydrogen) atoms. The minimum absolute atomic E-state index is 0.111. The normalized spacial score (nSPS) is 10.2. The maximum absolute atomic E-state index is 13.2. The summed E-state index contributed by atoms with van der Waals surface area (Å²) in [6.07, 6.45) is 2.26. The minimum atomic E-state index is -0.609. The fourth-order valence-corrected chi connectivity index (χ4v) is 1.34. The van der Waals surface area contributed by atoms with Crippen LogP contribution in [0.1, 0.15) is 5.56 Å². The third kappa shape index (κ3) is 2.12. The van der Waals surface area contributed by atoms with Crippen molar-refractivity contribution in [3.05, 3.63) is 47.1 Å². The van der Waals surface area contributed by atoms with Gasteiger partial charge in [0.2, 0.25) is 5.82 Å². The zero-order valence-electron chi connectivity index (χ0n) is 8.45. The van der Waals surface area contributed by atoms with Crippen LogP contribution in [-0.2, 0) is 0 Å². The van der Waals surface area contributed by atoms with Gasteiger partial charge in [0, 0.05) is 10.6 Å². The highest BCUT2D eigenvalue weighted by molar-refractivity contribution is 6.31. The van der Waals surface area contributed by atoms with E-state index in [4.69, 9.17) is 16.3 Å². The Morgan fingerprint density at radius 1 is 1.38 bits per heavy atom. The summed E-state index contributed by atoms with van der Waals surface area (Å²) >= 11 is 5.91. The summed E-state index contributed by atoms with van der Waals surface area (Å²) in [7, 11) is 0. The first-order valence-corrected chi connectivity index (χ1v) is 4.95. The predicted molar refractivity (Wildman–Crippen MR) is 58.3 cm³/mol. The first kappa shape index (κ1) is 10.8. The molecular formula is C11H8ClFN2O. The third-order valence-corrected chi connectivity index (χ3v) is 2.47. The van der Waals surface area contributed by atoms with Crippen LogP contribution in [0.2, 0.25) is 5.02 Å². The molecular weight excluding hydrogens is 231 g/mol. The molecule has 82 valence electrons. The van der Waals surface area contributed by atoms with E-state index in [2.05, 4.69) is 9.97 Å². The molecule has 0 atom stereocenters. The molecule has 1 aromatic heterocycles. The summed E-state index contributed by atoms with van der Waals surface area (Å²) in [5.41, 5.74) is 0.738. The van der Waals surface area contributed by atoms with Gasteiger partial charge < -0.3 is 4.74 Å². The molecule has 1 heterocycles. The first-order chi connectivity index (χ1) is 7.68. The molecule has 0 saturated carbocycles. The largest absolute Gasteiger partial charge is 0.436 e. The van der Waals surface area contributed by atoms with Crippen LogP contribution in [0.3, 0.4) is 0 Å². The van der Waals surface area contributed by atoms with Crippen molar-refractivity contribution in [2.75, 3.05) is 0 Å². The van der Waals surface area contributed by atoms with Gasteiger partial charge >= 0.3 is 0 Å². The van der Waals surface area contributed by atoms with Gasteiger partial charge in [0.1, 0.15) is 12.1 Å². The maximum atomic E-state index is 13.2. The molecule has 0 aliphatic heterocycles. The van der Waals surface area contributed by atoms with Gasteiger partial charge in [0.25, 0.3) is 5.88 Å². The van der Waals surface area contributed by atoms with Gasteiger partial charge in [-0.05, 0) is 19.1 Å². The van der Waals surface area contributed by atoms with E-state index in [1.54, 1.807) is 25.1 Å². The monoisotopic (exact) mass is 238 g/mol. The number of ether oxygens (including phenoxy) is 1. The van der Waals surface area contributed by atoms with E-state index in [-0.39, 0.29) is 5.88 Å². The van der Waals surface area contributed by atoms with Crippen LogP contribution in [0.15, 0.2) is 30.7 Å². The standard InChI is InChI=1S/C11H8ClFN2O/c1-7-8(12)3-2-4-10(7)16-11-9(13)5-14-6-15-11/h2-6H,1H3. The van der Waals surface area contributed by atoms with Gasteiger partial charge in [-0.15, -0.1) is 0 Å². The Bertz CT molecular complexity index is 519. The molecule has 0 spiro atoms. The lowest BCUT2D eigenvalue weighted by atomic mass is 10.2. The van der Waals surface area contributed by atoms with Crippen molar-refractivity contribution in [3.8, 4) is 11.6 Å². The van der Waals surface area contributed by atoms with Crippen LogP contribution in [0.4, 0.5) is 4.39 Å². The van der Waals surface area contributed by atoms with E-state index < -0.39 is 5.82 Å². The zero-order valence-corrected chi connectivity index (χ0v) is 9.20. The summed E-state index contributed by atoms with van der Waals surface area (Å²) < 4.78 is 18.5. The smallest absolute Gasteiger partial charge is 0.259 e. The number of halogens is 2. The minimum Gasteiger partial charge on any atom is -0.436 e. The van der Waals surface area contributed by atoms with E-state index in [0.717, 1.165) is 11.8 Å². The molecule has 3 nitrogen and oxygen atoms in total. The maximum Gasteiger partial charge on any atom is 0.259 e.